The maximum atomic E-state index is 5.08. The van der Waals surface area contributed by atoms with Crippen molar-refractivity contribution in [2.75, 3.05) is 0 Å². The molecule has 0 heterocycles. The average Bonchev–Trinajstić information content (AvgIpc) is 2.21. The van der Waals surface area contributed by atoms with Gasteiger partial charge in [0.1, 0.15) is 0 Å². The summed E-state index contributed by atoms with van der Waals surface area (Å²) in [5.74, 6) is 0. The predicted molar refractivity (Wildman–Crippen MR) is 72.7 cm³/mol. The minimum absolute atomic E-state index is 0.230. The van der Waals surface area contributed by atoms with Gasteiger partial charge >= 0.3 is 31.0 Å². The Morgan fingerprint density at radius 1 is 0.867 bits per heavy atom. The standard InChI is InChI=1S/C10H8S2.2CH3.Sn/c11-9-5-7-3-1-2-4-8(7)6-10(9)12;;;/h1-6,11-12H;2*1H3;/q;;;+2/p-2. The summed E-state index contributed by atoms with van der Waals surface area (Å²) in [5, 5.41) is 2.33. The van der Waals surface area contributed by atoms with E-state index in [9.17, 15) is 0 Å². The number of hydrogen-bond acceptors (Lipinski definition) is 2. The molecule has 2 aromatic rings. The van der Waals surface area contributed by atoms with Gasteiger partial charge < -0.3 is 25.3 Å². The molecule has 0 saturated carbocycles. The van der Waals surface area contributed by atoms with Crippen LogP contribution in [-0.4, -0.2) is 21.1 Å². The second-order valence-electron chi connectivity index (χ2n) is 3.15. The van der Waals surface area contributed by atoms with Gasteiger partial charge in [0.2, 0.25) is 0 Å². The second kappa shape index (κ2) is 6.51. The van der Waals surface area contributed by atoms with E-state index in [0.29, 0.717) is 0 Å². The van der Waals surface area contributed by atoms with E-state index >= 15 is 0 Å². The van der Waals surface area contributed by atoms with Crippen molar-refractivity contribution < 1.29 is 0 Å². The predicted octanol–water partition coefficient (Wildman–Crippen LogP) is 3.44. The fourth-order valence-electron chi connectivity index (χ4n) is 1.20. The van der Waals surface area contributed by atoms with E-state index in [1.165, 1.54) is 0 Å². The Labute approximate surface area is 113 Å². The summed E-state index contributed by atoms with van der Waals surface area (Å²) < 4.78 is 0. The minimum atomic E-state index is 0.230. The Morgan fingerprint density at radius 3 is 1.53 bits per heavy atom. The second-order valence-corrected chi connectivity index (χ2v) is 6.88. The van der Waals surface area contributed by atoms with Crippen LogP contribution in [0.1, 0.15) is 0 Å². The Hall–Kier alpha value is -0.0613. The zero-order valence-corrected chi connectivity index (χ0v) is 13.3. The zero-order valence-electron chi connectivity index (χ0n) is 8.78. The van der Waals surface area contributed by atoms with Crippen LogP contribution in [0.3, 0.4) is 0 Å². The van der Waals surface area contributed by atoms with Gasteiger partial charge in [0.25, 0.3) is 0 Å². The van der Waals surface area contributed by atoms with Crippen LogP contribution in [0.5, 0.6) is 0 Å². The van der Waals surface area contributed by atoms with E-state index < -0.39 is 0 Å². The molecule has 0 aromatic heterocycles. The van der Waals surface area contributed by atoms with Crippen molar-refractivity contribution in [3.05, 3.63) is 36.4 Å². The van der Waals surface area contributed by atoms with Crippen LogP contribution in [0.15, 0.2) is 46.2 Å². The van der Waals surface area contributed by atoms with Crippen molar-refractivity contribution >= 4 is 57.2 Å². The molecule has 0 unspecified atom stereocenters. The van der Waals surface area contributed by atoms with Crippen molar-refractivity contribution in [2.45, 2.75) is 19.7 Å². The van der Waals surface area contributed by atoms with Crippen LogP contribution >= 0.6 is 0 Å². The van der Waals surface area contributed by atoms with Crippen LogP contribution in [0.25, 0.3) is 10.8 Å². The van der Waals surface area contributed by atoms with Gasteiger partial charge in [-0.05, 0) is 10.8 Å². The van der Waals surface area contributed by atoms with E-state index in [1.54, 1.807) is 0 Å². The van der Waals surface area contributed by atoms with Crippen molar-refractivity contribution in [2.24, 2.45) is 0 Å². The molecule has 2 aromatic carbocycles. The maximum Gasteiger partial charge on any atom is -0.0200 e. The number of fused-ring (bicyclic) bond motifs is 1. The fourth-order valence-corrected chi connectivity index (χ4v) is 1.57. The molecule has 0 saturated heterocycles. The molecule has 0 fully saturated rings. The molecular formula is C12H12S2Sn. The molecule has 0 amide bonds. The van der Waals surface area contributed by atoms with Crippen LogP contribution in [0.2, 0.25) is 9.88 Å². The molecular weight excluding hydrogens is 327 g/mol. The number of rotatable bonds is 0. The average molecular weight is 339 g/mol. The third-order valence-corrected chi connectivity index (χ3v) is 2.62. The summed E-state index contributed by atoms with van der Waals surface area (Å²) in [7, 11) is 0. The molecule has 0 aliphatic rings. The molecule has 0 nitrogen and oxygen atoms in total. The molecule has 76 valence electrons. The van der Waals surface area contributed by atoms with Gasteiger partial charge in [0.05, 0.1) is 0 Å². The topological polar surface area (TPSA) is 0 Å². The summed E-state index contributed by atoms with van der Waals surface area (Å²) in [6.45, 7) is 0. The first kappa shape index (κ1) is 13.0. The van der Waals surface area contributed by atoms with Crippen molar-refractivity contribution in [3.63, 3.8) is 0 Å². The van der Waals surface area contributed by atoms with Gasteiger partial charge in [-0.25, -0.2) is 0 Å². The Bertz CT molecular complexity index is 400. The number of hydrogen-bond donors (Lipinski definition) is 0. The van der Waals surface area contributed by atoms with E-state index in [4.69, 9.17) is 25.3 Å². The summed E-state index contributed by atoms with van der Waals surface area (Å²) in [4.78, 5) is 6.12. The van der Waals surface area contributed by atoms with Crippen molar-refractivity contribution in [3.8, 4) is 0 Å². The Kier molecular flexibility index (Phi) is 5.64. The quantitative estimate of drug-likeness (QED) is 0.533. The summed E-state index contributed by atoms with van der Waals surface area (Å²) in [6.07, 6.45) is 0. The maximum absolute atomic E-state index is 5.08. The Balaban J connectivity index is 0.000000337. The minimum Gasteiger partial charge on any atom is -0.781 e. The van der Waals surface area contributed by atoms with Gasteiger partial charge in [0, 0.05) is 0 Å². The van der Waals surface area contributed by atoms with E-state index in [2.05, 4.69) is 9.88 Å². The normalized spacial score (nSPS) is 8.93. The first-order valence-electron chi connectivity index (χ1n) is 4.64. The van der Waals surface area contributed by atoms with Crippen molar-refractivity contribution in [1.29, 1.82) is 0 Å². The monoisotopic (exact) mass is 340 g/mol. The Morgan fingerprint density at radius 2 is 1.20 bits per heavy atom. The first-order chi connectivity index (χ1) is 7.19. The summed E-state index contributed by atoms with van der Waals surface area (Å²) in [6, 6.07) is 12.0. The zero-order chi connectivity index (χ0) is 11.3. The van der Waals surface area contributed by atoms with E-state index in [-0.39, 0.29) is 21.1 Å². The van der Waals surface area contributed by atoms with Crippen LogP contribution in [-0.2, 0) is 25.3 Å². The van der Waals surface area contributed by atoms with E-state index in [1.807, 2.05) is 36.4 Å². The molecule has 3 heteroatoms. The SMILES string of the molecule is [CH3][Sn+2][CH3].[S-]c1cc2ccccc2cc1[S-]. The summed E-state index contributed by atoms with van der Waals surface area (Å²) >= 11 is 10.4. The van der Waals surface area contributed by atoms with Gasteiger partial charge in [-0.2, -0.15) is 9.79 Å². The molecule has 0 spiro atoms. The van der Waals surface area contributed by atoms with Gasteiger partial charge in [-0.15, -0.1) is 0 Å². The van der Waals surface area contributed by atoms with Crippen LogP contribution < -0.4 is 0 Å². The van der Waals surface area contributed by atoms with Gasteiger partial charge in [-0.1, -0.05) is 36.4 Å². The molecule has 0 aliphatic heterocycles. The summed E-state index contributed by atoms with van der Waals surface area (Å²) in [5.41, 5.74) is 0. The first-order valence-corrected chi connectivity index (χ1v) is 11.2. The van der Waals surface area contributed by atoms with Crippen molar-refractivity contribution in [1.82, 2.24) is 0 Å². The molecule has 0 radical (unpaired) electrons. The molecule has 0 N–H and O–H groups in total. The largest absolute Gasteiger partial charge is 0.781 e. The van der Waals surface area contributed by atoms with Gasteiger partial charge in [0.15, 0.2) is 0 Å². The van der Waals surface area contributed by atoms with E-state index in [0.717, 1.165) is 20.6 Å². The third-order valence-electron chi connectivity index (χ3n) is 1.81. The van der Waals surface area contributed by atoms with Gasteiger partial charge in [-0.3, -0.25) is 0 Å². The molecule has 2 rings (SSSR count). The molecule has 15 heavy (non-hydrogen) atoms. The fraction of sp³-hybridized carbons (Fsp3) is 0.167. The molecule has 0 bridgehead atoms. The smallest absolute Gasteiger partial charge is 0.0200 e. The molecule has 0 atom stereocenters. The van der Waals surface area contributed by atoms with Crippen LogP contribution in [0, 0.1) is 0 Å². The third kappa shape index (κ3) is 3.78. The molecule has 0 aliphatic carbocycles. The number of benzene rings is 2. The van der Waals surface area contributed by atoms with Crippen LogP contribution in [0.4, 0.5) is 0 Å².